The zero-order chi connectivity index (χ0) is 17.3. The average Bonchev–Trinajstić information content (AvgIpc) is 3.17. The van der Waals surface area contributed by atoms with Crippen LogP contribution >= 0.6 is 22.9 Å². The molecule has 2 heterocycles. The van der Waals surface area contributed by atoms with Gasteiger partial charge < -0.3 is 0 Å². The van der Waals surface area contributed by atoms with Crippen LogP contribution in [0.5, 0.6) is 0 Å². The SMILES string of the molecule is Cc1c(Cl)cccc1N1C(=O)C[C@H](NNC(=O)c2cccs2)C1=O. The van der Waals surface area contributed by atoms with Crippen LogP contribution in [0.1, 0.15) is 21.7 Å². The molecule has 0 bridgehead atoms. The summed E-state index contributed by atoms with van der Waals surface area (Å²) in [5.41, 5.74) is 6.24. The van der Waals surface area contributed by atoms with E-state index in [4.69, 9.17) is 11.6 Å². The van der Waals surface area contributed by atoms with Gasteiger partial charge in [-0.25, -0.2) is 10.3 Å². The summed E-state index contributed by atoms with van der Waals surface area (Å²) < 4.78 is 0. The van der Waals surface area contributed by atoms with E-state index in [-0.39, 0.29) is 18.2 Å². The van der Waals surface area contributed by atoms with Crippen LogP contribution in [0.4, 0.5) is 5.69 Å². The molecule has 0 unspecified atom stereocenters. The second-order valence-corrected chi connectivity index (χ2v) is 6.64. The molecule has 0 spiro atoms. The second kappa shape index (κ2) is 6.72. The number of nitrogens with zero attached hydrogens (tertiary/aromatic N) is 1. The lowest BCUT2D eigenvalue weighted by Gasteiger charge is -2.18. The Balaban J connectivity index is 1.72. The van der Waals surface area contributed by atoms with E-state index in [1.807, 2.05) is 0 Å². The van der Waals surface area contributed by atoms with Crippen molar-refractivity contribution >= 4 is 46.3 Å². The predicted octanol–water partition coefficient (Wildman–Crippen LogP) is 2.28. The summed E-state index contributed by atoms with van der Waals surface area (Å²) in [6, 6.07) is 7.68. The number of amides is 3. The molecule has 2 N–H and O–H groups in total. The predicted molar refractivity (Wildman–Crippen MR) is 92.0 cm³/mol. The summed E-state index contributed by atoms with van der Waals surface area (Å²) >= 11 is 7.35. The van der Waals surface area contributed by atoms with Gasteiger partial charge >= 0.3 is 0 Å². The fourth-order valence-electron chi connectivity index (χ4n) is 2.46. The standard InChI is InChI=1S/C16H14ClN3O3S/c1-9-10(17)4-2-5-12(9)20-14(21)8-11(16(20)23)18-19-15(22)13-6-3-7-24-13/h2-7,11,18H,8H2,1H3,(H,19,22)/t11-/m0/s1. The smallest absolute Gasteiger partial charge is 0.275 e. The number of halogens is 1. The molecule has 0 saturated carbocycles. The van der Waals surface area contributed by atoms with Gasteiger partial charge in [0, 0.05) is 5.02 Å². The Morgan fingerprint density at radius 3 is 2.79 bits per heavy atom. The summed E-state index contributed by atoms with van der Waals surface area (Å²) in [6.45, 7) is 1.75. The van der Waals surface area contributed by atoms with Gasteiger partial charge in [0.25, 0.3) is 11.8 Å². The number of hydrogen-bond acceptors (Lipinski definition) is 5. The molecule has 1 fully saturated rings. The molecule has 3 rings (SSSR count). The molecule has 1 saturated heterocycles. The quantitative estimate of drug-likeness (QED) is 0.645. The van der Waals surface area contributed by atoms with Crippen LogP contribution in [0.15, 0.2) is 35.7 Å². The van der Waals surface area contributed by atoms with E-state index in [9.17, 15) is 14.4 Å². The first-order valence-electron chi connectivity index (χ1n) is 7.20. The Kier molecular flexibility index (Phi) is 4.66. The molecule has 0 radical (unpaired) electrons. The third-order valence-electron chi connectivity index (χ3n) is 3.73. The zero-order valence-corrected chi connectivity index (χ0v) is 14.3. The molecule has 3 amide bonds. The normalized spacial score (nSPS) is 17.4. The maximum atomic E-state index is 12.5. The van der Waals surface area contributed by atoms with E-state index >= 15 is 0 Å². The molecular formula is C16H14ClN3O3S. The number of hydrazine groups is 1. The van der Waals surface area contributed by atoms with Crippen LogP contribution in [-0.4, -0.2) is 23.8 Å². The highest BCUT2D eigenvalue weighted by Crippen LogP contribution is 2.30. The molecule has 1 aliphatic heterocycles. The zero-order valence-electron chi connectivity index (χ0n) is 12.7. The largest absolute Gasteiger partial charge is 0.286 e. The highest BCUT2D eigenvalue weighted by molar-refractivity contribution is 7.12. The fourth-order valence-corrected chi connectivity index (χ4v) is 3.25. The molecule has 24 heavy (non-hydrogen) atoms. The van der Waals surface area contributed by atoms with Gasteiger partial charge in [-0.2, -0.15) is 0 Å². The topological polar surface area (TPSA) is 78.5 Å². The number of thiophene rings is 1. The number of rotatable bonds is 4. The number of carbonyl (C=O) groups excluding carboxylic acids is 3. The van der Waals surface area contributed by atoms with Crippen LogP contribution in [-0.2, 0) is 9.59 Å². The lowest BCUT2D eigenvalue weighted by atomic mass is 10.2. The first-order valence-corrected chi connectivity index (χ1v) is 8.46. The minimum absolute atomic E-state index is 0.0322. The van der Waals surface area contributed by atoms with E-state index in [1.165, 1.54) is 11.3 Å². The molecule has 1 atom stereocenters. The van der Waals surface area contributed by atoms with Gasteiger partial charge in [-0.05, 0) is 36.1 Å². The van der Waals surface area contributed by atoms with E-state index in [0.717, 1.165) is 4.90 Å². The Morgan fingerprint density at radius 1 is 1.29 bits per heavy atom. The van der Waals surface area contributed by atoms with Gasteiger partial charge in [-0.3, -0.25) is 19.8 Å². The third kappa shape index (κ3) is 3.06. The molecule has 8 heteroatoms. The van der Waals surface area contributed by atoms with Crippen molar-refractivity contribution in [1.29, 1.82) is 0 Å². The van der Waals surface area contributed by atoms with Crippen LogP contribution in [0.3, 0.4) is 0 Å². The molecule has 1 aromatic carbocycles. The lowest BCUT2D eigenvalue weighted by molar-refractivity contribution is -0.121. The Morgan fingerprint density at radius 2 is 2.08 bits per heavy atom. The lowest BCUT2D eigenvalue weighted by Crippen LogP contribution is -2.48. The van der Waals surface area contributed by atoms with Crippen molar-refractivity contribution in [2.45, 2.75) is 19.4 Å². The Bertz CT molecular complexity index is 807. The maximum absolute atomic E-state index is 12.5. The molecular weight excluding hydrogens is 350 g/mol. The van der Waals surface area contributed by atoms with Crippen molar-refractivity contribution in [3.8, 4) is 0 Å². The van der Waals surface area contributed by atoms with Crippen LogP contribution in [0.2, 0.25) is 5.02 Å². The molecule has 1 aromatic heterocycles. The molecule has 6 nitrogen and oxygen atoms in total. The van der Waals surface area contributed by atoms with Crippen LogP contribution in [0.25, 0.3) is 0 Å². The minimum Gasteiger partial charge on any atom is -0.286 e. The Hall–Kier alpha value is -2.22. The summed E-state index contributed by atoms with van der Waals surface area (Å²) in [5, 5.41) is 2.26. The summed E-state index contributed by atoms with van der Waals surface area (Å²) in [6.07, 6.45) is -0.0322. The van der Waals surface area contributed by atoms with Crippen LogP contribution < -0.4 is 15.8 Å². The highest BCUT2D eigenvalue weighted by atomic mass is 35.5. The Labute approximate surface area is 147 Å². The average molecular weight is 364 g/mol. The van der Waals surface area contributed by atoms with E-state index < -0.39 is 11.9 Å². The maximum Gasteiger partial charge on any atom is 0.275 e. The number of imide groups is 1. The van der Waals surface area contributed by atoms with Gasteiger partial charge in [0.15, 0.2) is 0 Å². The molecule has 1 aliphatic rings. The number of hydrogen-bond donors (Lipinski definition) is 2. The highest BCUT2D eigenvalue weighted by Gasteiger charge is 2.40. The van der Waals surface area contributed by atoms with Crippen molar-refractivity contribution in [1.82, 2.24) is 10.9 Å². The first kappa shape index (κ1) is 16.6. The molecule has 0 aliphatic carbocycles. The van der Waals surface area contributed by atoms with Crippen molar-refractivity contribution < 1.29 is 14.4 Å². The van der Waals surface area contributed by atoms with Crippen molar-refractivity contribution in [3.63, 3.8) is 0 Å². The van der Waals surface area contributed by atoms with E-state index in [1.54, 1.807) is 42.6 Å². The van der Waals surface area contributed by atoms with E-state index in [0.29, 0.717) is 21.2 Å². The van der Waals surface area contributed by atoms with Crippen molar-refractivity contribution in [3.05, 3.63) is 51.2 Å². The van der Waals surface area contributed by atoms with Gasteiger partial charge in [0.1, 0.15) is 6.04 Å². The second-order valence-electron chi connectivity index (χ2n) is 5.28. The van der Waals surface area contributed by atoms with Crippen LogP contribution in [0, 0.1) is 6.92 Å². The number of anilines is 1. The molecule has 124 valence electrons. The van der Waals surface area contributed by atoms with Crippen molar-refractivity contribution in [2.75, 3.05) is 4.90 Å². The molecule has 2 aromatic rings. The number of benzene rings is 1. The van der Waals surface area contributed by atoms with Gasteiger partial charge in [0.05, 0.1) is 17.0 Å². The van der Waals surface area contributed by atoms with Gasteiger partial charge in [0.2, 0.25) is 5.91 Å². The van der Waals surface area contributed by atoms with Crippen molar-refractivity contribution in [2.24, 2.45) is 0 Å². The van der Waals surface area contributed by atoms with Gasteiger partial charge in [-0.15, -0.1) is 11.3 Å². The number of nitrogens with one attached hydrogen (secondary N) is 2. The summed E-state index contributed by atoms with van der Waals surface area (Å²) in [4.78, 5) is 38.3. The fraction of sp³-hybridized carbons (Fsp3) is 0.188. The number of carbonyl (C=O) groups is 3. The first-order chi connectivity index (χ1) is 11.5. The van der Waals surface area contributed by atoms with E-state index in [2.05, 4.69) is 10.9 Å². The summed E-state index contributed by atoms with van der Waals surface area (Å²) in [5.74, 6) is -1.10. The monoisotopic (exact) mass is 363 g/mol. The summed E-state index contributed by atoms with van der Waals surface area (Å²) in [7, 11) is 0. The minimum atomic E-state index is -0.806. The van der Waals surface area contributed by atoms with Gasteiger partial charge in [-0.1, -0.05) is 23.7 Å². The third-order valence-corrected chi connectivity index (χ3v) is 5.01.